The molecule has 0 aromatic heterocycles. The zero-order chi connectivity index (χ0) is 16.3. The van der Waals surface area contributed by atoms with E-state index in [1.54, 1.807) is 0 Å². The molecule has 0 fully saturated rings. The Morgan fingerprint density at radius 2 is 1.86 bits per heavy atom. The van der Waals surface area contributed by atoms with Gasteiger partial charge in [0.1, 0.15) is 0 Å². The third-order valence-electron chi connectivity index (χ3n) is 3.32. The molecule has 0 bridgehead atoms. The van der Waals surface area contributed by atoms with Crippen molar-refractivity contribution in [2.45, 2.75) is 25.4 Å². The normalized spacial score (nSPS) is 13.9. The molecule has 0 amide bonds. The van der Waals surface area contributed by atoms with Crippen LogP contribution < -0.4 is 4.90 Å². The number of rotatable bonds is 7. The van der Waals surface area contributed by atoms with Crippen LogP contribution in [0.2, 0.25) is 0 Å². The molecule has 120 valence electrons. The standard InChI is InChI=1S/C13H21NO5S2/c1-4-14(13-7-5-6-11(2)10-13)8-9-20(15,16)12(3)21(17,18)19/h5-7,10,12H,4,8-9H2,1-3H3,(H,17,18,19). The molecule has 6 nitrogen and oxygen atoms in total. The number of sulfone groups is 1. The number of benzene rings is 1. The molecule has 1 unspecified atom stereocenters. The minimum absolute atomic E-state index is 0.169. The number of hydrogen-bond acceptors (Lipinski definition) is 5. The maximum absolute atomic E-state index is 11.9. The molecule has 0 aliphatic carbocycles. The van der Waals surface area contributed by atoms with E-state index in [9.17, 15) is 16.8 Å². The number of anilines is 1. The average Bonchev–Trinajstić information content (AvgIpc) is 2.37. The molecule has 1 N–H and O–H groups in total. The first-order valence-corrected chi connectivity index (χ1v) is 9.79. The van der Waals surface area contributed by atoms with Gasteiger partial charge >= 0.3 is 0 Å². The van der Waals surface area contributed by atoms with Crippen LogP contribution >= 0.6 is 0 Å². The third kappa shape index (κ3) is 4.98. The Morgan fingerprint density at radius 1 is 1.24 bits per heavy atom. The molecule has 0 saturated carbocycles. The largest absolute Gasteiger partial charge is 0.371 e. The number of nitrogens with zero attached hydrogens (tertiary/aromatic N) is 1. The fourth-order valence-electron chi connectivity index (χ4n) is 1.88. The van der Waals surface area contributed by atoms with Crippen LogP contribution in [0.25, 0.3) is 0 Å². The Bertz CT molecular complexity index is 682. The zero-order valence-corrected chi connectivity index (χ0v) is 14.0. The minimum Gasteiger partial charge on any atom is -0.371 e. The van der Waals surface area contributed by atoms with Gasteiger partial charge < -0.3 is 4.90 Å². The lowest BCUT2D eigenvalue weighted by Crippen LogP contribution is -2.35. The van der Waals surface area contributed by atoms with Crippen molar-refractivity contribution in [2.75, 3.05) is 23.7 Å². The highest BCUT2D eigenvalue weighted by Crippen LogP contribution is 2.17. The molecule has 1 rings (SSSR count). The van der Waals surface area contributed by atoms with E-state index < -0.39 is 24.5 Å². The number of hydrogen-bond donors (Lipinski definition) is 1. The van der Waals surface area contributed by atoms with Gasteiger partial charge in [0.15, 0.2) is 14.4 Å². The van der Waals surface area contributed by atoms with E-state index in [0.717, 1.165) is 18.2 Å². The summed E-state index contributed by atoms with van der Waals surface area (Å²) < 4.78 is 52.9. The summed E-state index contributed by atoms with van der Waals surface area (Å²) in [4.78, 5) is 1.85. The summed E-state index contributed by atoms with van der Waals surface area (Å²) >= 11 is 0. The van der Waals surface area contributed by atoms with Crippen molar-refractivity contribution < 1.29 is 21.4 Å². The van der Waals surface area contributed by atoms with Crippen LogP contribution in [0.15, 0.2) is 24.3 Å². The van der Waals surface area contributed by atoms with Crippen LogP contribution in [0.5, 0.6) is 0 Å². The first kappa shape index (κ1) is 17.9. The van der Waals surface area contributed by atoms with Gasteiger partial charge in [-0.15, -0.1) is 0 Å². The van der Waals surface area contributed by atoms with Gasteiger partial charge in [0, 0.05) is 18.8 Å². The second-order valence-electron chi connectivity index (χ2n) is 4.87. The maximum atomic E-state index is 11.9. The van der Waals surface area contributed by atoms with Crippen LogP contribution in [0.3, 0.4) is 0 Å². The summed E-state index contributed by atoms with van der Waals surface area (Å²) in [5.41, 5.74) is 1.94. The Hall–Kier alpha value is -1.12. The highest BCUT2D eigenvalue weighted by molar-refractivity contribution is 8.06. The van der Waals surface area contributed by atoms with Gasteiger partial charge in [0.25, 0.3) is 10.1 Å². The van der Waals surface area contributed by atoms with Crippen molar-refractivity contribution in [3.63, 3.8) is 0 Å². The molecular formula is C13H21NO5S2. The highest BCUT2D eigenvalue weighted by atomic mass is 32.3. The fraction of sp³-hybridized carbons (Fsp3) is 0.538. The number of aryl methyl sites for hydroxylation is 1. The van der Waals surface area contributed by atoms with Gasteiger partial charge in [-0.25, -0.2) is 8.42 Å². The Balaban J connectivity index is 2.85. The second kappa shape index (κ2) is 6.76. The Kier molecular flexibility index (Phi) is 5.77. The van der Waals surface area contributed by atoms with Crippen molar-refractivity contribution in [3.05, 3.63) is 29.8 Å². The molecule has 0 spiro atoms. The average molecular weight is 335 g/mol. The quantitative estimate of drug-likeness (QED) is 0.759. The molecule has 1 aromatic rings. The summed E-state index contributed by atoms with van der Waals surface area (Å²) in [5.74, 6) is -0.338. The van der Waals surface area contributed by atoms with E-state index >= 15 is 0 Å². The molecule has 0 aliphatic heterocycles. The third-order valence-corrected chi connectivity index (χ3v) is 7.53. The molecule has 0 radical (unpaired) electrons. The van der Waals surface area contributed by atoms with Gasteiger partial charge in [-0.2, -0.15) is 8.42 Å². The second-order valence-corrected chi connectivity index (χ2v) is 9.34. The summed E-state index contributed by atoms with van der Waals surface area (Å²) in [6.07, 6.45) is 0. The van der Waals surface area contributed by atoms with E-state index in [2.05, 4.69) is 0 Å². The van der Waals surface area contributed by atoms with Gasteiger partial charge in [-0.05, 0) is 38.5 Å². The molecule has 1 atom stereocenters. The lowest BCUT2D eigenvalue weighted by Gasteiger charge is -2.24. The smallest absolute Gasteiger partial charge is 0.282 e. The first-order valence-electron chi connectivity index (χ1n) is 6.57. The van der Waals surface area contributed by atoms with E-state index in [4.69, 9.17) is 4.55 Å². The van der Waals surface area contributed by atoms with Crippen LogP contribution in [0.4, 0.5) is 5.69 Å². The fourth-order valence-corrected chi connectivity index (χ4v) is 4.46. The molecule has 21 heavy (non-hydrogen) atoms. The van der Waals surface area contributed by atoms with Gasteiger partial charge in [-0.1, -0.05) is 12.1 Å². The molecule has 0 aliphatic rings. The predicted octanol–water partition coefficient (Wildman–Crippen LogP) is 1.47. The van der Waals surface area contributed by atoms with Crippen LogP contribution in [-0.2, 0) is 20.0 Å². The monoisotopic (exact) mass is 335 g/mol. The summed E-state index contributed by atoms with van der Waals surface area (Å²) in [5, 5.41) is 0. The molecule has 1 aromatic carbocycles. The van der Waals surface area contributed by atoms with Crippen LogP contribution in [-0.4, -0.2) is 44.8 Å². The molecule has 8 heteroatoms. The van der Waals surface area contributed by atoms with E-state index in [1.165, 1.54) is 0 Å². The summed E-state index contributed by atoms with van der Waals surface area (Å²) in [6, 6.07) is 7.62. The Morgan fingerprint density at radius 3 is 2.33 bits per heavy atom. The topological polar surface area (TPSA) is 91.8 Å². The molecule has 0 heterocycles. The maximum Gasteiger partial charge on any atom is 0.282 e. The highest BCUT2D eigenvalue weighted by Gasteiger charge is 2.31. The van der Waals surface area contributed by atoms with Crippen molar-refractivity contribution in [1.29, 1.82) is 0 Å². The van der Waals surface area contributed by atoms with E-state index in [0.29, 0.717) is 6.54 Å². The first-order chi connectivity index (χ1) is 9.58. The van der Waals surface area contributed by atoms with Gasteiger partial charge in [0.05, 0.1) is 5.75 Å². The summed E-state index contributed by atoms with van der Waals surface area (Å²) in [6.45, 7) is 5.57. The van der Waals surface area contributed by atoms with Gasteiger partial charge in [0.2, 0.25) is 0 Å². The lowest BCUT2D eigenvalue weighted by atomic mass is 10.2. The molecule has 0 saturated heterocycles. The van der Waals surface area contributed by atoms with Crippen LogP contribution in [0, 0.1) is 6.92 Å². The van der Waals surface area contributed by atoms with Crippen molar-refractivity contribution >= 4 is 25.6 Å². The zero-order valence-electron chi connectivity index (χ0n) is 12.4. The van der Waals surface area contributed by atoms with Crippen molar-refractivity contribution in [1.82, 2.24) is 0 Å². The van der Waals surface area contributed by atoms with Crippen molar-refractivity contribution in [3.8, 4) is 0 Å². The Labute approximate surface area is 126 Å². The predicted molar refractivity (Wildman–Crippen MR) is 83.9 cm³/mol. The SMILES string of the molecule is CCN(CCS(=O)(=O)C(C)S(=O)(=O)O)c1cccc(C)c1. The summed E-state index contributed by atoms with van der Waals surface area (Å²) in [7, 11) is -8.51. The van der Waals surface area contributed by atoms with E-state index in [1.807, 2.05) is 43.0 Å². The lowest BCUT2D eigenvalue weighted by molar-refractivity contribution is 0.478. The van der Waals surface area contributed by atoms with Gasteiger partial charge in [-0.3, -0.25) is 4.55 Å². The van der Waals surface area contributed by atoms with Crippen LogP contribution in [0.1, 0.15) is 19.4 Å². The molecular weight excluding hydrogens is 314 g/mol. The van der Waals surface area contributed by atoms with E-state index in [-0.39, 0.29) is 12.3 Å². The minimum atomic E-state index is -4.59. The van der Waals surface area contributed by atoms with Crippen molar-refractivity contribution in [2.24, 2.45) is 0 Å².